The van der Waals surface area contributed by atoms with Gasteiger partial charge in [0, 0.05) is 23.3 Å². The van der Waals surface area contributed by atoms with Crippen molar-refractivity contribution in [2.75, 3.05) is 10.6 Å². The summed E-state index contributed by atoms with van der Waals surface area (Å²) in [6.45, 7) is 9.36. The van der Waals surface area contributed by atoms with Crippen molar-refractivity contribution in [3.63, 3.8) is 0 Å². The van der Waals surface area contributed by atoms with Gasteiger partial charge >= 0.3 is 6.03 Å². The Morgan fingerprint density at radius 2 is 1.70 bits per heavy atom. The lowest BCUT2D eigenvalue weighted by Gasteiger charge is -2.14. The second-order valence-electron chi connectivity index (χ2n) is 5.43. The number of urea groups is 1. The van der Waals surface area contributed by atoms with E-state index in [2.05, 4.69) is 16.0 Å². The Bertz CT molecular complexity index is 496. The first-order valence-corrected chi connectivity index (χ1v) is 6.78. The van der Waals surface area contributed by atoms with Gasteiger partial charge in [0.15, 0.2) is 0 Å². The van der Waals surface area contributed by atoms with Crippen LogP contribution in [0.15, 0.2) is 18.2 Å². The number of anilines is 2. The number of nitrogens with one attached hydrogen (secondary N) is 3. The third-order valence-corrected chi connectivity index (χ3v) is 2.70. The van der Waals surface area contributed by atoms with E-state index < -0.39 is 0 Å². The van der Waals surface area contributed by atoms with E-state index in [0.717, 1.165) is 5.56 Å². The standard InChI is InChI=1S/C15H23N3O2/c1-9(2)14(19)17-12-7-6-11(5)13(8-12)18-15(20)16-10(3)4/h6-10H,1-5H3,(H,17,19)(H2,16,18,20). The van der Waals surface area contributed by atoms with Crippen LogP contribution in [0.1, 0.15) is 33.3 Å². The van der Waals surface area contributed by atoms with Gasteiger partial charge in [-0.25, -0.2) is 4.79 Å². The quantitative estimate of drug-likeness (QED) is 0.791. The van der Waals surface area contributed by atoms with Gasteiger partial charge in [0.1, 0.15) is 0 Å². The summed E-state index contributed by atoms with van der Waals surface area (Å²) in [5, 5.41) is 8.35. The zero-order valence-electron chi connectivity index (χ0n) is 12.7. The molecule has 0 aliphatic rings. The van der Waals surface area contributed by atoms with Crippen molar-refractivity contribution in [2.45, 2.75) is 40.7 Å². The first-order valence-electron chi connectivity index (χ1n) is 6.78. The molecule has 20 heavy (non-hydrogen) atoms. The minimum atomic E-state index is -0.254. The Labute approximate surface area is 120 Å². The Morgan fingerprint density at radius 1 is 1.05 bits per heavy atom. The number of benzene rings is 1. The van der Waals surface area contributed by atoms with Gasteiger partial charge in [-0.05, 0) is 38.5 Å². The van der Waals surface area contributed by atoms with Crippen LogP contribution in [-0.2, 0) is 4.79 Å². The molecule has 0 saturated carbocycles. The second-order valence-corrected chi connectivity index (χ2v) is 5.43. The summed E-state index contributed by atoms with van der Waals surface area (Å²) in [4.78, 5) is 23.4. The van der Waals surface area contributed by atoms with E-state index in [0.29, 0.717) is 11.4 Å². The minimum absolute atomic E-state index is 0.0496. The van der Waals surface area contributed by atoms with E-state index in [1.807, 2.05) is 46.8 Å². The average molecular weight is 277 g/mol. The molecule has 0 fully saturated rings. The van der Waals surface area contributed by atoms with Crippen LogP contribution in [0.3, 0.4) is 0 Å². The van der Waals surface area contributed by atoms with Gasteiger partial charge in [-0.3, -0.25) is 4.79 Å². The van der Waals surface area contributed by atoms with Gasteiger partial charge < -0.3 is 16.0 Å². The maximum absolute atomic E-state index is 11.7. The Kier molecular flexibility index (Phi) is 5.55. The summed E-state index contributed by atoms with van der Waals surface area (Å²) in [6.07, 6.45) is 0. The summed E-state index contributed by atoms with van der Waals surface area (Å²) >= 11 is 0. The zero-order valence-corrected chi connectivity index (χ0v) is 12.7. The number of aryl methyl sites for hydroxylation is 1. The highest BCUT2D eigenvalue weighted by Gasteiger charge is 2.10. The normalized spacial score (nSPS) is 10.6. The van der Waals surface area contributed by atoms with E-state index in [4.69, 9.17) is 0 Å². The molecule has 5 nitrogen and oxygen atoms in total. The monoisotopic (exact) mass is 277 g/mol. The Balaban J connectivity index is 2.81. The molecule has 1 aromatic carbocycles. The molecular formula is C15H23N3O2. The van der Waals surface area contributed by atoms with Crippen LogP contribution < -0.4 is 16.0 Å². The molecule has 1 aromatic rings. The number of rotatable bonds is 4. The maximum atomic E-state index is 11.7. The third kappa shape index (κ3) is 4.91. The largest absolute Gasteiger partial charge is 0.336 e. The fraction of sp³-hybridized carbons (Fsp3) is 0.467. The van der Waals surface area contributed by atoms with Crippen LogP contribution >= 0.6 is 0 Å². The van der Waals surface area contributed by atoms with Crippen molar-refractivity contribution in [3.8, 4) is 0 Å². The first kappa shape index (κ1) is 16.0. The average Bonchev–Trinajstić information content (AvgIpc) is 2.32. The van der Waals surface area contributed by atoms with Crippen molar-refractivity contribution in [1.82, 2.24) is 5.32 Å². The van der Waals surface area contributed by atoms with Crippen LogP contribution in [0.4, 0.5) is 16.2 Å². The fourth-order valence-electron chi connectivity index (χ4n) is 1.54. The molecule has 110 valence electrons. The molecule has 1 rings (SSSR count). The lowest BCUT2D eigenvalue weighted by Crippen LogP contribution is -2.34. The van der Waals surface area contributed by atoms with E-state index in [9.17, 15) is 9.59 Å². The molecule has 0 atom stereocenters. The molecule has 3 amide bonds. The molecule has 3 N–H and O–H groups in total. The first-order chi connectivity index (χ1) is 9.29. The van der Waals surface area contributed by atoms with Crippen molar-refractivity contribution in [3.05, 3.63) is 23.8 Å². The highest BCUT2D eigenvalue weighted by atomic mass is 16.2. The lowest BCUT2D eigenvalue weighted by atomic mass is 10.1. The van der Waals surface area contributed by atoms with Crippen molar-refractivity contribution < 1.29 is 9.59 Å². The summed E-state index contributed by atoms with van der Waals surface area (Å²) in [5.41, 5.74) is 2.30. The van der Waals surface area contributed by atoms with Gasteiger partial charge in [0.05, 0.1) is 0 Å². The molecule has 0 radical (unpaired) electrons. The van der Waals surface area contributed by atoms with Crippen LogP contribution in [-0.4, -0.2) is 18.0 Å². The van der Waals surface area contributed by atoms with Gasteiger partial charge in [-0.1, -0.05) is 19.9 Å². The minimum Gasteiger partial charge on any atom is -0.336 e. The predicted octanol–water partition coefficient (Wildman–Crippen LogP) is 3.12. The third-order valence-electron chi connectivity index (χ3n) is 2.70. The highest BCUT2D eigenvalue weighted by Crippen LogP contribution is 2.20. The molecule has 0 bridgehead atoms. The Hall–Kier alpha value is -2.04. The zero-order chi connectivity index (χ0) is 15.3. The molecule has 0 spiro atoms. The summed E-state index contributed by atoms with van der Waals surface area (Å²) in [5.74, 6) is -0.136. The lowest BCUT2D eigenvalue weighted by molar-refractivity contribution is -0.118. The molecular weight excluding hydrogens is 254 g/mol. The van der Waals surface area contributed by atoms with Crippen LogP contribution in [0, 0.1) is 12.8 Å². The van der Waals surface area contributed by atoms with Crippen LogP contribution in [0.2, 0.25) is 0 Å². The van der Waals surface area contributed by atoms with E-state index in [1.54, 1.807) is 6.07 Å². The molecule has 0 heterocycles. The second kappa shape index (κ2) is 6.93. The van der Waals surface area contributed by atoms with E-state index in [1.165, 1.54) is 0 Å². The number of amides is 3. The molecule has 0 saturated heterocycles. The molecule has 0 unspecified atom stereocenters. The van der Waals surface area contributed by atoms with Crippen LogP contribution in [0.25, 0.3) is 0 Å². The smallest absolute Gasteiger partial charge is 0.319 e. The van der Waals surface area contributed by atoms with Gasteiger partial charge in [0.2, 0.25) is 5.91 Å². The predicted molar refractivity (Wildman–Crippen MR) is 81.9 cm³/mol. The SMILES string of the molecule is Cc1ccc(NC(=O)C(C)C)cc1NC(=O)NC(C)C. The highest BCUT2D eigenvalue weighted by molar-refractivity contribution is 5.94. The summed E-state index contributed by atoms with van der Waals surface area (Å²) in [6, 6.07) is 5.26. The van der Waals surface area contributed by atoms with Crippen molar-refractivity contribution >= 4 is 23.3 Å². The maximum Gasteiger partial charge on any atom is 0.319 e. The van der Waals surface area contributed by atoms with Crippen molar-refractivity contribution in [1.29, 1.82) is 0 Å². The van der Waals surface area contributed by atoms with Gasteiger partial charge in [0.25, 0.3) is 0 Å². The molecule has 5 heteroatoms. The van der Waals surface area contributed by atoms with Crippen LogP contribution in [0.5, 0.6) is 0 Å². The van der Waals surface area contributed by atoms with Gasteiger partial charge in [-0.15, -0.1) is 0 Å². The van der Waals surface area contributed by atoms with E-state index >= 15 is 0 Å². The number of carbonyl (C=O) groups excluding carboxylic acids is 2. The Morgan fingerprint density at radius 3 is 2.25 bits per heavy atom. The summed E-state index contributed by atoms with van der Waals surface area (Å²) in [7, 11) is 0. The fourth-order valence-corrected chi connectivity index (χ4v) is 1.54. The van der Waals surface area contributed by atoms with Gasteiger partial charge in [-0.2, -0.15) is 0 Å². The van der Waals surface area contributed by atoms with Crippen molar-refractivity contribution in [2.24, 2.45) is 5.92 Å². The molecule has 0 aromatic heterocycles. The molecule has 0 aliphatic carbocycles. The van der Waals surface area contributed by atoms with E-state index in [-0.39, 0.29) is 23.9 Å². The number of hydrogen-bond donors (Lipinski definition) is 3. The molecule has 0 aliphatic heterocycles. The summed E-state index contributed by atoms with van der Waals surface area (Å²) < 4.78 is 0. The number of hydrogen-bond acceptors (Lipinski definition) is 2. The topological polar surface area (TPSA) is 70.2 Å². The number of carbonyl (C=O) groups is 2.